The van der Waals surface area contributed by atoms with Crippen molar-refractivity contribution in [1.29, 1.82) is 0 Å². The Bertz CT molecular complexity index is 1370. The minimum Gasteiger partial charge on any atom is -0.495 e. The van der Waals surface area contributed by atoms with E-state index in [1.54, 1.807) is 72.8 Å². The van der Waals surface area contributed by atoms with E-state index < -0.39 is 0 Å². The molecule has 0 radical (unpaired) electrons. The van der Waals surface area contributed by atoms with Crippen molar-refractivity contribution in [2.75, 3.05) is 7.11 Å². The number of aromatic hydroxyl groups is 1. The summed E-state index contributed by atoms with van der Waals surface area (Å²) in [6, 6.07) is 20.9. The SMILES string of the molecule is COc1ccccc1-n1c(O)c(C=Nc2ccc(C(C)=O)cc2)c2ccccc2c1=O. The van der Waals surface area contributed by atoms with E-state index in [4.69, 9.17) is 4.74 Å². The van der Waals surface area contributed by atoms with Gasteiger partial charge in [0.05, 0.1) is 24.0 Å². The van der Waals surface area contributed by atoms with Crippen molar-refractivity contribution in [3.8, 4) is 17.3 Å². The lowest BCUT2D eigenvalue weighted by Gasteiger charge is -2.16. The number of carbonyl (C=O) groups excluding carboxylic acids is 1. The number of Topliss-reactive ketones (excluding diaryl/α,β-unsaturated/α-hetero) is 1. The lowest BCUT2D eigenvalue weighted by Crippen LogP contribution is -2.20. The molecule has 1 heterocycles. The lowest BCUT2D eigenvalue weighted by atomic mass is 10.1. The van der Waals surface area contributed by atoms with Gasteiger partial charge < -0.3 is 9.84 Å². The van der Waals surface area contributed by atoms with Crippen LogP contribution in [0.1, 0.15) is 22.8 Å². The lowest BCUT2D eigenvalue weighted by molar-refractivity contribution is 0.101. The fourth-order valence-electron chi connectivity index (χ4n) is 3.45. The second kappa shape index (κ2) is 8.28. The average Bonchev–Trinajstić information content (AvgIpc) is 2.79. The third-order valence-electron chi connectivity index (χ3n) is 5.05. The van der Waals surface area contributed by atoms with Crippen molar-refractivity contribution in [2.24, 2.45) is 4.99 Å². The zero-order valence-corrected chi connectivity index (χ0v) is 17.1. The number of hydrogen-bond donors (Lipinski definition) is 1. The summed E-state index contributed by atoms with van der Waals surface area (Å²) in [4.78, 5) is 29.1. The number of pyridine rings is 1. The van der Waals surface area contributed by atoms with Crippen LogP contribution in [0.2, 0.25) is 0 Å². The van der Waals surface area contributed by atoms with Gasteiger partial charge in [0.2, 0.25) is 5.88 Å². The minimum atomic E-state index is -0.361. The standard InChI is InChI=1S/C25H20N2O4/c1-16(28)17-11-13-18(14-12-17)26-15-21-19-7-3-4-8-20(19)24(29)27(25(21)30)22-9-5-6-10-23(22)31-2/h3-15,30H,1-2H3. The van der Waals surface area contributed by atoms with E-state index in [1.807, 2.05) is 0 Å². The molecular formula is C25H20N2O4. The number of fused-ring (bicyclic) bond motifs is 1. The maximum absolute atomic E-state index is 13.2. The zero-order valence-electron chi connectivity index (χ0n) is 17.1. The van der Waals surface area contributed by atoms with Crippen molar-refractivity contribution >= 4 is 28.5 Å². The van der Waals surface area contributed by atoms with Crippen LogP contribution in [0, 0.1) is 0 Å². The van der Waals surface area contributed by atoms with E-state index in [-0.39, 0.29) is 17.2 Å². The summed E-state index contributed by atoms with van der Waals surface area (Å²) in [5.74, 6) is 0.193. The second-order valence-corrected chi connectivity index (χ2v) is 6.96. The summed E-state index contributed by atoms with van der Waals surface area (Å²) in [6.07, 6.45) is 1.52. The van der Waals surface area contributed by atoms with Crippen LogP contribution in [0.5, 0.6) is 11.6 Å². The molecule has 3 aromatic carbocycles. The topological polar surface area (TPSA) is 80.9 Å². The summed E-state index contributed by atoms with van der Waals surface area (Å²) in [6.45, 7) is 1.50. The van der Waals surface area contributed by atoms with Crippen molar-refractivity contribution < 1.29 is 14.6 Å². The number of para-hydroxylation sites is 2. The van der Waals surface area contributed by atoms with Crippen molar-refractivity contribution in [3.63, 3.8) is 0 Å². The normalized spacial score (nSPS) is 11.2. The molecule has 4 rings (SSSR count). The highest BCUT2D eigenvalue weighted by Gasteiger charge is 2.18. The highest BCUT2D eigenvalue weighted by atomic mass is 16.5. The summed E-state index contributed by atoms with van der Waals surface area (Å²) in [7, 11) is 1.51. The van der Waals surface area contributed by atoms with Crippen LogP contribution in [0.4, 0.5) is 5.69 Å². The maximum Gasteiger partial charge on any atom is 0.265 e. The van der Waals surface area contributed by atoms with E-state index in [9.17, 15) is 14.7 Å². The Morgan fingerprint density at radius 3 is 2.29 bits per heavy atom. The Labute approximate surface area is 178 Å². The molecule has 0 aliphatic heterocycles. The van der Waals surface area contributed by atoms with E-state index in [0.717, 1.165) is 0 Å². The van der Waals surface area contributed by atoms with E-state index >= 15 is 0 Å². The van der Waals surface area contributed by atoms with E-state index in [2.05, 4.69) is 4.99 Å². The predicted molar refractivity (Wildman–Crippen MR) is 121 cm³/mol. The Kier molecular flexibility index (Phi) is 5.37. The Hall–Kier alpha value is -4.19. The van der Waals surface area contributed by atoms with Gasteiger partial charge in [-0.2, -0.15) is 0 Å². The number of carbonyl (C=O) groups is 1. The molecule has 0 saturated carbocycles. The molecule has 0 unspecified atom stereocenters. The second-order valence-electron chi connectivity index (χ2n) is 6.96. The van der Waals surface area contributed by atoms with Crippen molar-refractivity contribution in [3.05, 3.63) is 94.3 Å². The van der Waals surface area contributed by atoms with Crippen LogP contribution >= 0.6 is 0 Å². The van der Waals surface area contributed by atoms with Gasteiger partial charge >= 0.3 is 0 Å². The number of benzene rings is 3. The van der Waals surface area contributed by atoms with Gasteiger partial charge in [-0.1, -0.05) is 30.3 Å². The number of ether oxygens (including phenoxy) is 1. The first-order chi connectivity index (χ1) is 15.0. The predicted octanol–water partition coefficient (Wildman–Crippen LogP) is 4.66. The molecule has 6 nitrogen and oxygen atoms in total. The summed E-state index contributed by atoms with van der Waals surface area (Å²) in [5, 5.41) is 12.1. The third-order valence-corrected chi connectivity index (χ3v) is 5.05. The minimum absolute atomic E-state index is 0.0250. The van der Waals surface area contributed by atoms with Crippen molar-refractivity contribution in [2.45, 2.75) is 6.92 Å². The van der Waals surface area contributed by atoms with Crippen LogP contribution in [0.15, 0.2) is 82.6 Å². The Balaban J connectivity index is 1.93. The van der Waals surface area contributed by atoms with Crippen LogP contribution in [0.25, 0.3) is 16.5 Å². The van der Waals surface area contributed by atoms with Gasteiger partial charge in [-0.05, 0) is 49.4 Å². The fourth-order valence-corrected chi connectivity index (χ4v) is 3.45. The van der Waals surface area contributed by atoms with E-state index in [0.29, 0.717) is 39.0 Å². The van der Waals surface area contributed by atoms with Gasteiger partial charge in [0.15, 0.2) is 5.78 Å². The largest absolute Gasteiger partial charge is 0.495 e. The quantitative estimate of drug-likeness (QED) is 0.382. The summed E-state index contributed by atoms with van der Waals surface area (Å²) in [5.41, 5.74) is 1.68. The molecule has 0 amide bonds. The molecule has 0 atom stereocenters. The van der Waals surface area contributed by atoms with E-state index in [1.165, 1.54) is 24.8 Å². The number of nitrogens with zero attached hydrogens (tertiary/aromatic N) is 2. The molecule has 31 heavy (non-hydrogen) atoms. The Morgan fingerprint density at radius 1 is 0.968 bits per heavy atom. The van der Waals surface area contributed by atoms with Gasteiger partial charge in [0.25, 0.3) is 5.56 Å². The number of ketones is 1. The number of methoxy groups -OCH3 is 1. The molecular weight excluding hydrogens is 392 g/mol. The first-order valence-corrected chi connectivity index (χ1v) is 9.66. The van der Waals surface area contributed by atoms with Gasteiger partial charge in [-0.15, -0.1) is 0 Å². The molecule has 0 aliphatic carbocycles. The highest BCUT2D eigenvalue weighted by molar-refractivity contribution is 6.02. The average molecular weight is 412 g/mol. The molecule has 6 heteroatoms. The maximum atomic E-state index is 13.2. The molecule has 0 saturated heterocycles. The highest BCUT2D eigenvalue weighted by Crippen LogP contribution is 2.30. The molecule has 154 valence electrons. The van der Waals surface area contributed by atoms with Crippen LogP contribution in [-0.2, 0) is 0 Å². The molecule has 1 aromatic heterocycles. The number of aliphatic imine (C=N–C) groups is 1. The van der Waals surface area contributed by atoms with Crippen LogP contribution < -0.4 is 10.3 Å². The first kappa shape index (κ1) is 20.1. The van der Waals surface area contributed by atoms with Gasteiger partial charge in [0, 0.05) is 22.6 Å². The molecule has 0 bridgehead atoms. The third kappa shape index (κ3) is 3.71. The smallest absolute Gasteiger partial charge is 0.265 e. The van der Waals surface area contributed by atoms with Gasteiger partial charge in [-0.25, -0.2) is 4.57 Å². The van der Waals surface area contributed by atoms with Gasteiger partial charge in [0.1, 0.15) is 5.75 Å². The first-order valence-electron chi connectivity index (χ1n) is 9.66. The van der Waals surface area contributed by atoms with Crippen LogP contribution in [-0.4, -0.2) is 28.8 Å². The zero-order chi connectivity index (χ0) is 22.0. The fraction of sp³-hybridized carbons (Fsp3) is 0.0800. The summed E-state index contributed by atoms with van der Waals surface area (Å²) >= 11 is 0. The number of rotatable bonds is 5. The van der Waals surface area contributed by atoms with Crippen LogP contribution in [0.3, 0.4) is 0 Å². The van der Waals surface area contributed by atoms with Gasteiger partial charge in [-0.3, -0.25) is 14.6 Å². The molecule has 1 N–H and O–H groups in total. The Morgan fingerprint density at radius 2 is 1.61 bits per heavy atom. The molecule has 0 aliphatic rings. The molecule has 0 fully saturated rings. The number of hydrogen-bond acceptors (Lipinski definition) is 5. The molecule has 0 spiro atoms. The summed E-state index contributed by atoms with van der Waals surface area (Å²) < 4.78 is 6.61. The molecule has 4 aromatic rings. The monoisotopic (exact) mass is 412 g/mol. The number of aromatic nitrogens is 1. The van der Waals surface area contributed by atoms with Crippen molar-refractivity contribution in [1.82, 2.24) is 4.57 Å².